The molecule has 4 heterocycles. The summed E-state index contributed by atoms with van der Waals surface area (Å²) in [6, 6.07) is 12.0. The average molecular weight is 415 g/mol. The molecule has 3 aromatic rings. The molecule has 0 radical (unpaired) electrons. The molecule has 1 fully saturated rings. The summed E-state index contributed by atoms with van der Waals surface area (Å²) in [5.41, 5.74) is 2.87. The van der Waals surface area contributed by atoms with E-state index in [4.69, 9.17) is 4.74 Å². The minimum atomic E-state index is -0.0766. The second-order valence-electron chi connectivity index (χ2n) is 8.05. The number of nitrogens with one attached hydrogen (secondary N) is 1. The summed E-state index contributed by atoms with van der Waals surface area (Å²) in [6.45, 7) is 2.13. The van der Waals surface area contributed by atoms with Crippen LogP contribution in [0.5, 0.6) is 5.75 Å². The van der Waals surface area contributed by atoms with E-state index in [1.165, 1.54) is 0 Å². The lowest BCUT2D eigenvalue weighted by Gasteiger charge is -2.33. The number of carbonyl (C=O) groups excluding carboxylic acids is 1. The van der Waals surface area contributed by atoms with Gasteiger partial charge in [0.1, 0.15) is 17.7 Å². The van der Waals surface area contributed by atoms with Gasteiger partial charge in [-0.1, -0.05) is 18.2 Å². The molecule has 158 valence electrons. The van der Waals surface area contributed by atoms with Crippen LogP contribution in [0.15, 0.2) is 61.2 Å². The number of aromatic nitrogens is 3. The average Bonchev–Trinajstić information content (AvgIpc) is 3.27. The van der Waals surface area contributed by atoms with Gasteiger partial charge in [-0.2, -0.15) is 0 Å². The van der Waals surface area contributed by atoms with Crippen molar-refractivity contribution < 1.29 is 9.53 Å². The third-order valence-electron chi connectivity index (χ3n) is 5.94. The van der Waals surface area contributed by atoms with Crippen molar-refractivity contribution in [3.63, 3.8) is 0 Å². The molecule has 1 aromatic carbocycles. The number of piperidine rings is 1. The highest BCUT2D eigenvalue weighted by Crippen LogP contribution is 2.37. The van der Waals surface area contributed by atoms with Gasteiger partial charge in [-0.05, 0) is 36.6 Å². The number of hydrogen-bond acceptors (Lipinski definition) is 6. The van der Waals surface area contributed by atoms with E-state index in [1.54, 1.807) is 24.8 Å². The molecular weight excluding hydrogens is 390 g/mol. The Balaban J connectivity index is 1.19. The predicted molar refractivity (Wildman–Crippen MR) is 118 cm³/mol. The first kappa shape index (κ1) is 19.5. The molecule has 7 heteroatoms. The number of pyridine rings is 1. The van der Waals surface area contributed by atoms with E-state index in [-0.39, 0.29) is 17.9 Å². The zero-order valence-corrected chi connectivity index (χ0v) is 17.3. The molecule has 2 unspecified atom stereocenters. The first-order chi connectivity index (χ1) is 15.3. The first-order valence-electron chi connectivity index (χ1n) is 10.8. The quantitative estimate of drug-likeness (QED) is 0.690. The molecule has 7 nitrogen and oxygen atoms in total. The Morgan fingerprint density at radius 2 is 2.10 bits per heavy atom. The summed E-state index contributed by atoms with van der Waals surface area (Å²) in [6.07, 6.45) is 9.46. The minimum absolute atomic E-state index is 0.0327. The lowest BCUT2D eigenvalue weighted by atomic mass is 9.97. The molecule has 2 aromatic heterocycles. The highest BCUT2D eigenvalue weighted by molar-refractivity contribution is 5.79. The van der Waals surface area contributed by atoms with Gasteiger partial charge in [-0.25, -0.2) is 4.98 Å². The molecule has 0 saturated carbocycles. The lowest BCUT2D eigenvalue weighted by molar-refractivity contribution is -0.125. The highest BCUT2D eigenvalue weighted by Gasteiger charge is 2.29. The van der Waals surface area contributed by atoms with Crippen LogP contribution in [-0.4, -0.2) is 46.6 Å². The molecule has 2 aliphatic heterocycles. The number of nitrogens with zero attached hydrogens (tertiary/aromatic N) is 4. The van der Waals surface area contributed by atoms with E-state index in [0.717, 1.165) is 54.2 Å². The summed E-state index contributed by atoms with van der Waals surface area (Å²) in [4.78, 5) is 28.0. The summed E-state index contributed by atoms with van der Waals surface area (Å²) in [7, 11) is 0. The number of fused-ring (bicyclic) bond motifs is 1. The molecule has 1 N–H and O–H groups in total. The Labute approximate surface area is 181 Å². The fraction of sp³-hybridized carbons (Fsp3) is 0.333. The number of hydrogen-bond donors (Lipinski definition) is 1. The van der Waals surface area contributed by atoms with E-state index < -0.39 is 0 Å². The van der Waals surface area contributed by atoms with Gasteiger partial charge in [0.15, 0.2) is 0 Å². The van der Waals surface area contributed by atoms with Gasteiger partial charge in [0, 0.05) is 43.7 Å². The molecule has 2 aliphatic rings. The van der Waals surface area contributed by atoms with Gasteiger partial charge in [0.2, 0.25) is 5.91 Å². The largest absolute Gasteiger partial charge is 0.487 e. The van der Waals surface area contributed by atoms with E-state index >= 15 is 0 Å². The van der Waals surface area contributed by atoms with Crippen LogP contribution >= 0.6 is 0 Å². The van der Waals surface area contributed by atoms with Crippen LogP contribution < -0.4 is 15.0 Å². The van der Waals surface area contributed by atoms with Crippen LogP contribution in [0.2, 0.25) is 0 Å². The van der Waals surface area contributed by atoms with Crippen molar-refractivity contribution in [3.05, 3.63) is 66.7 Å². The molecule has 0 bridgehead atoms. The van der Waals surface area contributed by atoms with Crippen molar-refractivity contribution in [3.8, 4) is 17.0 Å². The lowest BCUT2D eigenvalue weighted by Crippen LogP contribution is -2.45. The van der Waals surface area contributed by atoms with Crippen molar-refractivity contribution in [2.75, 3.05) is 24.5 Å². The summed E-state index contributed by atoms with van der Waals surface area (Å²) in [5.74, 6) is 1.84. The highest BCUT2D eigenvalue weighted by atomic mass is 16.5. The molecule has 31 heavy (non-hydrogen) atoms. The maximum atomic E-state index is 12.9. The van der Waals surface area contributed by atoms with E-state index in [1.807, 2.05) is 30.3 Å². The minimum Gasteiger partial charge on any atom is -0.487 e. The number of carbonyl (C=O) groups is 1. The molecule has 0 spiro atoms. The molecule has 5 rings (SSSR count). The zero-order valence-electron chi connectivity index (χ0n) is 17.3. The van der Waals surface area contributed by atoms with Crippen LogP contribution in [0.3, 0.4) is 0 Å². The van der Waals surface area contributed by atoms with Gasteiger partial charge < -0.3 is 15.0 Å². The normalized spacial score (nSPS) is 20.1. The van der Waals surface area contributed by atoms with Crippen LogP contribution in [0, 0.1) is 5.92 Å². The van der Waals surface area contributed by atoms with Crippen LogP contribution in [0.25, 0.3) is 11.3 Å². The standard InChI is InChI=1S/C24H25N5O2/c30-24(18-6-4-12-29(16-18)22-8-1-2-9-27-22)28-14-19-13-17-5-3-7-20(23(17)31-19)21-15-25-10-11-26-21/h1-3,5,7-11,15,18-19H,4,6,12-14,16H2,(H,28,30). The van der Waals surface area contributed by atoms with Gasteiger partial charge in [0.25, 0.3) is 0 Å². The van der Waals surface area contributed by atoms with Crippen LogP contribution in [0.4, 0.5) is 5.82 Å². The van der Waals surface area contributed by atoms with E-state index in [9.17, 15) is 4.79 Å². The Morgan fingerprint density at radius 1 is 1.13 bits per heavy atom. The number of rotatable bonds is 5. The van der Waals surface area contributed by atoms with Crippen molar-refractivity contribution in [1.82, 2.24) is 20.3 Å². The third-order valence-corrected chi connectivity index (χ3v) is 5.94. The van der Waals surface area contributed by atoms with Crippen molar-refractivity contribution >= 4 is 11.7 Å². The van der Waals surface area contributed by atoms with Gasteiger partial charge >= 0.3 is 0 Å². The van der Waals surface area contributed by atoms with Gasteiger partial charge in [-0.3, -0.25) is 14.8 Å². The number of para-hydroxylation sites is 1. The maximum absolute atomic E-state index is 12.9. The summed E-state index contributed by atoms with van der Waals surface area (Å²) >= 11 is 0. The monoisotopic (exact) mass is 415 g/mol. The second kappa shape index (κ2) is 8.71. The molecule has 1 saturated heterocycles. The number of amides is 1. The van der Waals surface area contributed by atoms with Crippen LogP contribution in [-0.2, 0) is 11.2 Å². The molecular formula is C24H25N5O2. The topological polar surface area (TPSA) is 80.2 Å². The number of anilines is 1. The van der Waals surface area contributed by atoms with Crippen molar-refractivity contribution in [1.29, 1.82) is 0 Å². The third kappa shape index (κ3) is 4.21. The Morgan fingerprint density at radius 3 is 2.94 bits per heavy atom. The Bertz CT molecular complexity index is 1040. The SMILES string of the molecule is O=C(NCC1Cc2cccc(-c3cnccn3)c2O1)C1CCCN(c2ccccn2)C1. The van der Waals surface area contributed by atoms with Crippen molar-refractivity contribution in [2.45, 2.75) is 25.4 Å². The second-order valence-corrected chi connectivity index (χ2v) is 8.05. The molecule has 1 amide bonds. The Hall–Kier alpha value is -3.48. The first-order valence-corrected chi connectivity index (χ1v) is 10.8. The summed E-state index contributed by atoms with van der Waals surface area (Å²) < 4.78 is 6.22. The molecule has 2 atom stereocenters. The fourth-order valence-electron chi connectivity index (χ4n) is 4.39. The zero-order chi connectivity index (χ0) is 21.0. The van der Waals surface area contributed by atoms with E-state index in [2.05, 4.69) is 31.2 Å². The number of benzene rings is 1. The number of ether oxygens (including phenoxy) is 1. The maximum Gasteiger partial charge on any atom is 0.225 e. The fourth-order valence-corrected chi connectivity index (χ4v) is 4.39. The Kier molecular flexibility index (Phi) is 5.48. The summed E-state index contributed by atoms with van der Waals surface area (Å²) in [5, 5.41) is 3.12. The van der Waals surface area contributed by atoms with Gasteiger partial charge in [0.05, 0.1) is 24.4 Å². The van der Waals surface area contributed by atoms with Gasteiger partial charge in [-0.15, -0.1) is 0 Å². The van der Waals surface area contributed by atoms with Crippen LogP contribution in [0.1, 0.15) is 18.4 Å². The predicted octanol–water partition coefficient (Wildman–Crippen LogP) is 2.87. The van der Waals surface area contributed by atoms with Crippen molar-refractivity contribution in [2.24, 2.45) is 5.92 Å². The van der Waals surface area contributed by atoms with E-state index in [0.29, 0.717) is 13.1 Å². The molecule has 0 aliphatic carbocycles. The smallest absolute Gasteiger partial charge is 0.225 e.